The lowest BCUT2D eigenvalue weighted by atomic mass is 9.87. The lowest BCUT2D eigenvalue weighted by molar-refractivity contribution is -0.366. The van der Waals surface area contributed by atoms with E-state index in [2.05, 4.69) is 0 Å². The topological polar surface area (TPSA) is 0 Å². The molecular weight excluding hydrogens is 289 g/mol. The van der Waals surface area contributed by atoms with E-state index in [0.717, 1.165) is 6.92 Å². The van der Waals surface area contributed by atoms with Crippen molar-refractivity contribution in [2.24, 2.45) is 5.92 Å². The van der Waals surface area contributed by atoms with Gasteiger partial charge in [-0.15, -0.1) is 0 Å². The summed E-state index contributed by atoms with van der Waals surface area (Å²) in [5.74, 6) is -13.3. The van der Waals surface area contributed by atoms with Crippen molar-refractivity contribution in [3.63, 3.8) is 0 Å². The predicted octanol–water partition coefficient (Wildman–Crippen LogP) is 5.09. The maximum absolute atomic E-state index is 13.6. The van der Waals surface area contributed by atoms with Gasteiger partial charge >= 0.3 is 18.0 Å². The Morgan fingerprint density at radius 2 is 1.40 bits per heavy atom. The monoisotopic (exact) mass is 302 g/mol. The van der Waals surface area contributed by atoms with Crippen LogP contribution in [0.1, 0.15) is 18.9 Å². The Kier molecular flexibility index (Phi) is 4.71. The van der Waals surface area contributed by atoms with Crippen molar-refractivity contribution >= 4 is 0 Å². The average Bonchev–Trinajstić information content (AvgIpc) is 2.35. The predicted molar refractivity (Wildman–Crippen MR) is 59.9 cm³/mol. The number of benzene rings is 1. The first-order valence-corrected chi connectivity index (χ1v) is 5.90. The van der Waals surface area contributed by atoms with E-state index >= 15 is 0 Å². The number of hydrogen-bond donors (Lipinski definition) is 0. The standard InChI is InChI=1S/C13H13F7/c1-2-10(8-9-6-4-3-5-7-9)11(14,15)12(16,17)13(18,19)20/h3-7,10H,2,8H2,1H3. The highest BCUT2D eigenvalue weighted by Crippen LogP contribution is 2.51. The van der Waals surface area contributed by atoms with Gasteiger partial charge in [0.1, 0.15) is 0 Å². The smallest absolute Gasteiger partial charge is 0.199 e. The average molecular weight is 302 g/mol. The van der Waals surface area contributed by atoms with Crippen molar-refractivity contribution in [2.75, 3.05) is 0 Å². The Morgan fingerprint density at radius 1 is 0.900 bits per heavy atom. The van der Waals surface area contributed by atoms with Gasteiger partial charge in [0.05, 0.1) is 0 Å². The van der Waals surface area contributed by atoms with Crippen LogP contribution in [0.5, 0.6) is 0 Å². The Labute approximate surface area is 111 Å². The van der Waals surface area contributed by atoms with Crippen LogP contribution in [0.4, 0.5) is 30.7 Å². The summed E-state index contributed by atoms with van der Waals surface area (Å²) in [6.45, 7) is 1.16. The molecule has 0 aromatic heterocycles. The number of halogens is 7. The summed E-state index contributed by atoms with van der Waals surface area (Å²) in [6, 6.07) is 7.41. The van der Waals surface area contributed by atoms with Crippen molar-refractivity contribution in [1.82, 2.24) is 0 Å². The molecular formula is C13H13F7. The first kappa shape index (κ1) is 16.8. The lowest BCUT2D eigenvalue weighted by Crippen LogP contribution is -2.56. The molecule has 0 saturated carbocycles. The zero-order valence-electron chi connectivity index (χ0n) is 10.5. The van der Waals surface area contributed by atoms with E-state index in [0.29, 0.717) is 0 Å². The Hall–Kier alpha value is -1.27. The minimum Gasteiger partial charge on any atom is -0.199 e. The van der Waals surface area contributed by atoms with Crippen LogP contribution in [-0.4, -0.2) is 18.0 Å². The SMILES string of the molecule is CCC(Cc1ccccc1)C(F)(F)C(F)(F)C(F)(F)F. The van der Waals surface area contributed by atoms with Gasteiger partial charge < -0.3 is 0 Å². The molecule has 1 aromatic rings. The fourth-order valence-corrected chi connectivity index (χ4v) is 1.87. The van der Waals surface area contributed by atoms with Crippen LogP contribution in [0, 0.1) is 5.92 Å². The summed E-state index contributed by atoms with van der Waals surface area (Å²) < 4.78 is 89.5. The van der Waals surface area contributed by atoms with Crippen LogP contribution in [0.3, 0.4) is 0 Å². The van der Waals surface area contributed by atoms with Crippen LogP contribution in [0.15, 0.2) is 30.3 Å². The quantitative estimate of drug-likeness (QED) is 0.665. The molecule has 0 aliphatic heterocycles. The van der Waals surface area contributed by atoms with Gasteiger partial charge in [0.25, 0.3) is 0 Å². The molecule has 1 unspecified atom stereocenters. The van der Waals surface area contributed by atoms with Gasteiger partial charge in [0.15, 0.2) is 0 Å². The molecule has 20 heavy (non-hydrogen) atoms. The minimum absolute atomic E-state index is 0.289. The molecule has 0 heterocycles. The van der Waals surface area contributed by atoms with Crippen molar-refractivity contribution in [2.45, 2.75) is 37.8 Å². The van der Waals surface area contributed by atoms with Crippen LogP contribution < -0.4 is 0 Å². The molecule has 0 aliphatic rings. The highest BCUT2D eigenvalue weighted by atomic mass is 19.4. The molecule has 1 rings (SSSR count). The van der Waals surface area contributed by atoms with Crippen LogP contribution in [0.25, 0.3) is 0 Å². The molecule has 0 fully saturated rings. The van der Waals surface area contributed by atoms with Crippen molar-refractivity contribution in [3.8, 4) is 0 Å². The summed E-state index contributed by atoms with van der Waals surface area (Å²) in [4.78, 5) is 0. The zero-order valence-corrected chi connectivity index (χ0v) is 10.5. The molecule has 0 amide bonds. The molecule has 7 heteroatoms. The van der Waals surface area contributed by atoms with E-state index in [-0.39, 0.29) is 5.56 Å². The maximum Gasteiger partial charge on any atom is 0.459 e. The normalized spacial score (nSPS) is 15.2. The number of alkyl halides is 7. The summed E-state index contributed by atoms with van der Waals surface area (Å²) in [5, 5.41) is 0. The summed E-state index contributed by atoms with van der Waals surface area (Å²) in [6.07, 6.45) is -7.32. The molecule has 0 spiro atoms. The van der Waals surface area contributed by atoms with E-state index in [1.807, 2.05) is 0 Å². The molecule has 0 aliphatic carbocycles. The third-order valence-corrected chi connectivity index (χ3v) is 3.11. The third kappa shape index (κ3) is 3.07. The fraction of sp³-hybridized carbons (Fsp3) is 0.538. The van der Waals surface area contributed by atoms with E-state index in [9.17, 15) is 30.7 Å². The Morgan fingerprint density at radius 3 is 1.80 bits per heavy atom. The first-order valence-electron chi connectivity index (χ1n) is 5.90. The molecule has 0 radical (unpaired) electrons. The van der Waals surface area contributed by atoms with Crippen LogP contribution in [0.2, 0.25) is 0 Å². The van der Waals surface area contributed by atoms with Crippen molar-refractivity contribution in [3.05, 3.63) is 35.9 Å². The second-order valence-corrected chi connectivity index (χ2v) is 4.49. The fourth-order valence-electron chi connectivity index (χ4n) is 1.87. The Bertz CT molecular complexity index is 422. The molecule has 1 aromatic carbocycles. The highest BCUT2D eigenvalue weighted by molar-refractivity contribution is 5.16. The third-order valence-electron chi connectivity index (χ3n) is 3.11. The van der Waals surface area contributed by atoms with Gasteiger partial charge in [-0.2, -0.15) is 30.7 Å². The van der Waals surface area contributed by atoms with E-state index in [4.69, 9.17) is 0 Å². The van der Waals surface area contributed by atoms with E-state index in [1.54, 1.807) is 6.07 Å². The lowest BCUT2D eigenvalue weighted by Gasteiger charge is -2.33. The highest BCUT2D eigenvalue weighted by Gasteiger charge is 2.74. The van der Waals surface area contributed by atoms with Crippen LogP contribution >= 0.6 is 0 Å². The van der Waals surface area contributed by atoms with Crippen molar-refractivity contribution in [1.29, 1.82) is 0 Å². The molecule has 0 nitrogen and oxygen atoms in total. The number of hydrogen-bond acceptors (Lipinski definition) is 0. The molecule has 0 N–H and O–H groups in total. The molecule has 114 valence electrons. The molecule has 0 bridgehead atoms. The van der Waals surface area contributed by atoms with Crippen molar-refractivity contribution < 1.29 is 30.7 Å². The maximum atomic E-state index is 13.6. The second kappa shape index (κ2) is 5.61. The van der Waals surface area contributed by atoms with E-state index < -0.39 is 36.8 Å². The second-order valence-electron chi connectivity index (χ2n) is 4.49. The number of rotatable bonds is 5. The van der Waals surface area contributed by atoms with Crippen LogP contribution in [-0.2, 0) is 6.42 Å². The van der Waals surface area contributed by atoms with E-state index in [1.165, 1.54) is 24.3 Å². The van der Waals surface area contributed by atoms with Gasteiger partial charge in [-0.05, 0) is 18.4 Å². The summed E-state index contributed by atoms with van der Waals surface area (Å²) in [7, 11) is 0. The minimum atomic E-state index is -6.28. The van der Waals surface area contributed by atoms with Gasteiger partial charge in [0, 0.05) is 5.92 Å². The summed E-state index contributed by atoms with van der Waals surface area (Å²) >= 11 is 0. The van der Waals surface area contributed by atoms with Gasteiger partial charge in [-0.3, -0.25) is 0 Å². The largest absolute Gasteiger partial charge is 0.459 e. The van der Waals surface area contributed by atoms with Gasteiger partial charge in [-0.25, -0.2) is 0 Å². The molecule has 1 atom stereocenters. The Balaban J connectivity index is 3.04. The zero-order chi connectivity index (χ0) is 15.6. The van der Waals surface area contributed by atoms with Gasteiger partial charge in [0.2, 0.25) is 0 Å². The summed E-state index contributed by atoms with van der Waals surface area (Å²) in [5.41, 5.74) is 0.289. The molecule has 0 saturated heterocycles. The first-order chi connectivity index (χ1) is 9.04. The van der Waals surface area contributed by atoms with Gasteiger partial charge in [-0.1, -0.05) is 37.3 Å².